The van der Waals surface area contributed by atoms with Gasteiger partial charge in [0, 0.05) is 12.5 Å². The van der Waals surface area contributed by atoms with E-state index in [0.717, 1.165) is 18.6 Å². The average Bonchev–Trinajstić information content (AvgIpc) is 2.69. The molecule has 88 valence electrons. The lowest BCUT2D eigenvalue weighted by molar-refractivity contribution is 0.186. The van der Waals surface area contributed by atoms with Crippen molar-refractivity contribution in [1.82, 2.24) is 5.32 Å². The van der Waals surface area contributed by atoms with Crippen molar-refractivity contribution in [2.45, 2.75) is 38.8 Å². The molecule has 0 saturated heterocycles. The van der Waals surface area contributed by atoms with E-state index in [1.165, 1.54) is 5.56 Å². The molecule has 0 aromatic heterocycles. The van der Waals surface area contributed by atoms with Crippen molar-refractivity contribution < 1.29 is 4.74 Å². The fourth-order valence-electron chi connectivity index (χ4n) is 2.29. The van der Waals surface area contributed by atoms with Crippen molar-refractivity contribution in [3.05, 3.63) is 29.8 Å². The molecule has 2 nitrogen and oxygen atoms in total. The summed E-state index contributed by atoms with van der Waals surface area (Å²) in [6.45, 7) is 4.51. The molecule has 16 heavy (non-hydrogen) atoms. The minimum atomic E-state index is 0.364. The average molecular weight is 219 g/mol. The lowest BCUT2D eigenvalue weighted by Crippen LogP contribution is -2.32. The van der Waals surface area contributed by atoms with Gasteiger partial charge in [-0.2, -0.15) is 0 Å². The Morgan fingerprint density at radius 1 is 1.38 bits per heavy atom. The number of para-hydroxylation sites is 1. The molecule has 0 aliphatic carbocycles. The fraction of sp³-hybridized carbons (Fsp3) is 0.571. The van der Waals surface area contributed by atoms with Crippen LogP contribution in [0, 0.1) is 5.92 Å². The van der Waals surface area contributed by atoms with Crippen molar-refractivity contribution in [3.8, 4) is 5.75 Å². The molecule has 1 aliphatic rings. The van der Waals surface area contributed by atoms with Crippen molar-refractivity contribution in [3.63, 3.8) is 0 Å². The summed E-state index contributed by atoms with van der Waals surface area (Å²) in [4.78, 5) is 0. The monoisotopic (exact) mass is 219 g/mol. The molecule has 0 fully saturated rings. The van der Waals surface area contributed by atoms with Crippen LogP contribution in [-0.2, 0) is 6.42 Å². The number of nitrogens with one attached hydrogen (secondary N) is 1. The van der Waals surface area contributed by atoms with Crippen molar-refractivity contribution >= 4 is 0 Å². The maximum Gasteiger partial charge on any atom is 0.123 e. The van der Waals surface area contributed by atoms with Crippen LogP contribution in [0.25, 0.3) is 0 Å². The first kappa shape index (κ1) is 11.5. The van der Waals surface area contributed by atoms with Crippen molar-refractivity contribution in [2.24, 2.45) is 5.92 Å². The zero-order valence-electron chi connectivity index (χ0n) is 10.4. The fourth-order valence-corrected chi connectivity index (χ4v) is 2.29. The van der Waals surface area contributed by atoms with E-state index in [0.29, 0.717) is 18.1 Å². The summed E-state index contributed by atoms with van der Waals surface area (Å²) in [7, 11) is 2.02. The van der Waals surface area contributed by atoms with Gasteiger partial charge in [-0.05, 0) is 37.9 Å². The summed E-state index contributed by atoms with van der Waals surface area (Å²) in [5, 5.41) is 3.30. The van der Waals surface area contributed by atoms with Crippen LogP contribution in [0.2, 0.25) is 0 Å². The molecule has 0 saturated carbocycles. The van der Waals surface area contributed by atoms with Gasteiger partial charge in [0.15, 0.2) is 0 Å². The number of fused-ring (bicyclic) bond motifs is 1. The van der Waals surface area contributed by atoms with E-state index in [1.54, 1.807) is 0 Å². The Balaban J connectivity index is 1.92. The molecule has 1 aromatic carbocycles. The van der Waals surface area contributed by atoms with Gasteiger partial charge in [0.2, 0.25) is 0 Å². The van der Waals surface area contributed by atoms with Gasteiger partial charge in [-0.1, -0.05) is 25.1 Å². The first-order valence-corrected chi connectivity index (χ1v) is 6.12. The summed E-state index contributed by atoms with van der Waals surface area (Å²) in [5.41, 5.74) is 1.36. The molecular weight excluding hydrogens is 198 g/mol. The SMILES string of the molecule is CNC(C)C(C)CC1Cc2ccccc2O1. The molecule has 1 aromatic rings. The van der Waals surface area contributed by atoms with Crippen molar-refractivity contribution in [1.29, 1.82) is 0 Å². The molecule has 2 rings (SSSR count). The van der Waals surface area contributed by atoms with Crippen LogP contribution in [0.15, 0.2) is 24.3 Å². The van der Waals surface area contributed by atoms with Crippen molar-refractivity contribution in [2.75, 3.05) is 7.05 Å². The zero-order valence-corrected chi connectivity index (χ0v) is 10.4. The molecule has 1 heterocycles. The number of hydrogen-bond acceptors (Lipinski definition) is 2. The highest BCUT2D eigenvalue weighted by molar-refractivity contribution is 5.37. The molecule has 2 heteroatoms. The lowest BCUT2D eigenvalue weighted by Gasteiger charge is -2.22. The first-order valence-electron chi connectivity index (χ1n) is 6.12. The molecule has 0 spiro atoms. The zero-order chi connectivity index (χ0) is 11.5. The number of ether oxygens (including phenoxy) is 1. The Morgan fingerprint density at radius 2 is 2.12 bits per heavy atom. The summed E-state index contributed by atoms with van der Waals surface area (Å²) in [5.74, 6) is 1.72. The van der Waals surface area contributed by atoms with E-state index < -0.39 is 0 Å². The van der Waals surface area contributed by atoms with Gasteiger partial charge >= 0.3 is 0 Å². The molecule has 1 aliphatic heterocycles. The quantitative estimate of drug-likeness (QED) is 0.840. The Hall–Kier alpha value is -1.02. The Kier molecular flexibility index (Phi) is 3.49. The Morgan fingerprint density at radius 3 is 2.81 bits per heavy atom. The van der Waals surface area contributed by atoms with Crippen LogP contribution in [0.4, 0.5) is 0 Å². The third kappa shape index (κ3) is 2.38. The summed E-state index contributed by atoms with van der Waals surface area (Å²) >= 11 is 0. The maximum atomic E-state index is 5.94. The minimum absolute atomic E-state index is 0.364. The van der Waals surface area contributed by atoms with Gasteiger partial charge in [0.1, 0.15) is 11.9 Å². The Bertz CT molecular complexity index is 325. The highest BCUT2D eigenvalue weighted by Gasteiger charge is 2.25. The molecule has 3 unspecified atom stereocenters. The van der Waals surface area contributed by atoms with Gasteiger partial charge < -0.3 is 10.1 Å². The van der Waals surface area contributed by atoms with E-state index in [2.05, 4.69) is 37.4 Å². The normalized spacial score (nSPS) is 22.3. The van der Waals surface area contributed by atoms with Crippen LogP contribution in [0.3, 0.4) is 0 Å². The molecule has 1 N–H and O–H groups in total. The number of hydrogen-bond donors (Lipinski definition) is 1. The highest BCUT2D eigenvalue weighted by atomic mass is 16.5. The topological polar surface area (TPSA) is 21.3 Å². The lowest BCUT2D eigenvalue weighted by atomic mass is 9.94. The minimum Gasteiger partial charge on any atom is -0.490 e. The second-order valence-electron chi connectivity index (χ2n) is 4.84. The highest BCUT2D eigenvalue weighted by Crippen LogP contribution is 2.31. The predicted molar refractivity (Wildman–Crippen MR) is 66.9 cm³/mol. The number of benzene rings is 1. The molecule has 3 atom stereocenters. The molecular formula is C14H21NO. The third-order valence-corrected chi connectivity index (χ3v) is 3.66. The van der Waals surface area contributed by atoms with Crippen LogP contribution in [-0.4, -0.2) is 19.2 Å². The second-order valence-corrected chi connectivity index (χ2v) is 4.84. The van der Waals surface area contributed by atoms with Gasteiger partial charge in [-0.3, -0.25) is 0 Å². The Labute approximate surface area is 98.0 Å². The van der Waals surface area contributed by atoms with E-state index >= 15 is 0 Å². The first-order chi connectivity index (χ1) is 7.70. The second kappa shape index (κ2) is 4.88. The van der Waals surface area contributed by atoms with E-state index in [9.17, 15) is 0 Å². The largest absolute Gasteiger partial charge is 0.490 e. The molecule has 0 radical (unpaired) electrons. The van der Waals surface area contributed by atoms with Crippen LogP contribution in [0.5, 0.6) is 5.75 Å². The van der Waals surface area contributed by atoms with Gasteiger partial charge in [-0.15, -0.1) is 0 Å². The molecule has 0 bridgehead atoms. The van der Waals surface area contributed by atoms with Gasteiger partial charge in [-0.25, -0.2) is 0 Å². The standard InChI is InChI=1S/C14H21NO/c1-10(11(2)15-3)8-13-9-12-6-4-5-7-14(12)16-13/h4-7,10-11,13,15H,8-9H2,1-3H3. The molecule has 0 amide bonds. The van der Waals surface area contributed by atoms with Crippen LogP contribution >= 0.6 is 0 Å². The van der Waals surface area contributed by atoms with Crippen LogP contribution in [0.1, 0.15) is 25.8 Å². The van der Waals surface area contributed by atoms with Gasteiger partial charge in [0.05, 0.1) is 0 Å². The number of rotatable bonds is 4. The van der Waals surface area contributed by atoms with Gasteiger partial charge in [0.25, 0.3) is 0 Å². The van der Waals surface area contributed by atoms with E-state index in [-0.39, 0.29) is 0 Å². The maximum absolute atomic E-state index is 5.94. The summed E-state index contributed by atoms with van der Waals surface area (Å²) in [6, 6.07) is 8.92. The van der Waals surface area contributed by atoms with E-state index in [1.807, 2.05) is 13.1 Å². The summed E-state index contributed by atoms with van der Waals surface area (Å²) < 4.78 is 5.94. The van der Waals surface area contributed by atoms with E-state index in [4.69, 9.17) is 4.74 Å². The van der Waals surface area contributed by atoms with Crippen LogP contribution < -0.4 is 10.1 Å². The summed E-state index contributed by atoms with van der Waals surface area (Å²) in [6.07, 6.45) is 2.55. The smallest absolute Gasteiger partial charge is 0.123 e. The predicted octanol–water partition coefficient (Wildman–Crippen LogP) is 2.62. The third-order valence-electron chi connectivity index (χ3n) is 3.66.